The van der Waals surface area contributed by atoms with E-state index in [4.69, 9.17) is 4.74 Å². The third-order valence-corrected chi connectivity index (χ3v) is 5.83. The molecule has 0 bridgehead atoms. The van der Waals surface area contributed by atoms with E-state index < -0.39 is 10.3 Å². The van der Waals surface area contributed by atoms with E-state index in [1.165, 1.54) is 12.1 Å². The van der Waals surface area contributed by atoms with Gasteiger partial charge in [-0.15, -0.1) is 0 Å². The van der Waals surface area contributed by atoms with Gasteiger partial charge in [-0.25, -0.2) is 4.98 Å². The molecular formula is C23H29N3O4. The molecule has 1 N–H and O–H groups in total. The highest BCUT2D eigenvalue weighted by Gasteiger charge is 2.41. The minimum Gasteiger partial charge on any atom is -0.478 e. The number of aryl methyl sites for hydroxylation is 1. The Balaban J connectivity index is 1.81. The maximum atomic E-state index is 13.5. The van der Waals surface area contributed by atoms with Gasteiger partial charge in [0, 0.05) is 18.2 Å². The highest BCUT2D eigenvalue weighted by Crippen LogP contribution is 2.41. The molecule has 1 aliphatic rings. The first-order valence-corrected chi connectivity index (χ1v) is 10.6. The van der Waals surface area contributed by atoms with Crippen LogP contribution < -0.4 is 10.1 Å². The maximum Gasteiger partial charge on any atom is 0.269 e. The van der Waals surface area contributed by atoms with Gasteiger partial charge in [0.05, 0.1) is 28.3 Å². The van der Waals surface area contributed by atoms with Gasteiger partial charge in [0.15, 0.2) is 0 Å². The molecule has 0 radical (unpaired) electrons. The van der Waals surface area contributed by atoms with Crippen molar-refractivity contribution in [2.75, 3.05) is 11.9 Å². The number of anilines is 1. The molecule has 1 aliphatic carbocycles. The van der Waals surface area contributed by atoms with E-state index in [9.17, 15) is 14.9 Å². The number of pyridine rings is 1. The molecule has 1 saturated carbocycles. The van der Waals surface area contributed by atoms with Crippen molar-refractivity contribution in [1.29, 1.82) is 0 Å². The van der Waals surface area contributed by atoms with Crippen LogP contribution in [0, 0.1) is 17.0 Å². The standard InChI is InChI=1S/C23H29N3O4/c1-3-4-16-30-21-13-12-20(17(2)24-21)25-22(27)23(14-6-5-7-15-23)18-8-10-19(11-9-18)26(28)29/h8-13H,3-7,14-16H2,1-2H3,(H,25,27). The quantitative estimate of drug-likeness (QED) is 0.360. The molecule has 7 heteroatoms. The van der Waals surface area contributed by atoms with E-state index >= 15 is 0 Å². The third-order valence-electron chi connectivity index (χ3n) is 5.83. The number of non-ortho nitro benzene ring substituents is 1. The van der Waals surface area contributed by atoms with Crippen molar-refractivity contribution in [3.63, 3.8) is 0 Å². The fourth-order valence-corrected chi connectivity index (χ4v) is 4.02. The molecule has 0 saturated heterocycles. The van der Waals surface area contributed by atoms with E-state index in [1.807, 2.05) is 13.0 Å². The first-order valence-electron chi connectivity index (χ1n) is 10.6. The summed E-state index contributed by atoms with van der Waals surface area (Å²) in [6.45, 7) is 4.58. The van der Waals surface area contributed by atoms with Crippen LogP contribution in [0.3, 0.4) is 0 Å². The van der Waals surface area contributed by atoms with E-state index in [1.54, 1.807) is 18.2 Å². The summed E-state index contributed by atoms with van der Waals surface area (Å²) in [5.74, 6) is 0.474. The van der Waals surface area contributed by atoms with E-state index in [2.05, 4.69) is 17.2 Å². The molecule has 0 unspecified atom stereocenters. The molecule has 0 atom stereocenters. The average Bonchev–Trinajstić information content (AvgIpc) is 2.76. The predicted molar refractivity (Wildman–Crippen MR) is 116 cm³/mol. The minimum absolute atomic E-state index is 0.0313. The molecule has 0 spiro atoms. The minimum atomic E-state index is -0.684. The number of hydrogen-bond donors (Lipinski definition) is 1. The molecule has 2 aromatic rings. The summed E-state index contributed by atoms with van der Waals surface area (Å²) in [7, 11) is 0. The normalized spacial score (nSPS) is 15.4. The van der Waals surface area contributed by atoms with Crippen molar-refractivity contribution in [1.82, 2.24) is 4.98 Å². The summed E-state index contributed by atoms with van der Waals surface area (Å²) >= 11 is 0. The molecule has 7 nitrogen and oxygen atoms in total. The monoisotopic (exact) mass is 411 g/mol. The lowest BCUT2D eigenvalue weighted by atomic mass is 9.68. The van der Waals surface area contributed by atoms with Crippen molar-refractivity contribution in [3.05, 3.63) is 57.8 Å². The molecule has 3 rings (SSSR count). The van der Waals surface area contributed by atoms with Crippen LogP contribution in [0.25, 0.3) is 0 Å². The number of hydrogen-bond acceptors (Lipinski definition) is 5. The molecular weight excluding hydrogens is 382 g/mol. The second kappa shape index (κ2) is 9.69. The first-order chi connectivity index (χ1) is 14.5. The van der Waals surface area contributed by atoms with Gasteiger partial charge >= 0.3 is 0 Å². The smallest absolute Gasteiger partial charge is 0.269 e. The lowest BCUT2D eigenvalue weighted by molar-refractivity contribution is -0.384. The van der Waals surface area contributed by atoms with Gasteiger partial charge in [0.25, 0.3) is 5.69 Å². The molecule has 1 heterocycles. The lowest BCUT2D eigenvalue weighted by Gasteiger charge is -2.36. The average molecular weight is 412 g/mol. The van der Waals surface area contributed by atoms with Gasteiger partial charge in [-0.3, -0.25) is 14.9 Å². The Bertz CT molecular complexity index is 890. The van der Waals surface area contributed by atoms with E-state index in [0.29, 0.717) is 23.9 Å². The van der Waals surface area contributed by atoms with Gasteiger partial charge in [0.2, 0.25) is 11.8 Å². The molecule has 160 valence electrons. The van der Waals surface area contributed by atoms with Crippen molar-refractivity contribution in [2.45, 2.75) is 64.2 Å². The van der Waals surface area contributed by atoms with Gasteiger partial charge < -0.3 is 10.1 Å². The summed E-state index contributed by atoms with van der Waals surface area (Å²) in [6, 6.07) is 10.0. The molecule has 1 aromatic carbocycles. The lowest BCUT2D eigenvalue weighted by Crippen LogP contribution is -2.42. The summed E-state index contributed by atoms with van der Waals surface area (Å²) in [4.78, 5) is 28.5. The zero-order valence-corrected chi connectivity index (χ0v) is 17.6. The van der Waals surface area contributed by atoms with Gasteiger partial charge in [-0.2, -0.15) is 0 Å². The third kappa shape index (κ3) is 4.78. The van der Waals surface area contributed by atoms with Crippen molar-refractivity contribution in [2.24, 2.45) is 0 Å². The Hall–Kier alpha value is -2.96. The highest BCUT2D eigenvalue weighted by atomic mass is 16.6. The van der Waals surface area contributed by atoms with E-state index in [0.717, 1.165) is 50.5 Å². The zero-order valence-electron chi connectivity index (χ0n) is 17.6. The van der Waals surface area contributed by atoms with Crippen molar-refractivity contribution >= 4 is 17.3 Å². The topological polar surface area (TPSA) is 94.4 Å². The van der Waals surface area contributed by atoms with Gasteiger partial charge in [0.1, 0.15) is 0 Å². The number of nitrogens with zero attached hydrogens (tertiary/aromatic N) is 2. The fraction of sp³-hybridized carbons (Fsp3) is 0.478. The number of unbranched alkanes of at least 4 members (excludes halogenated alkanes) is 1. The Morgan fingerprint density at radius 3 is 2.47 bits per heavy atom. The van der Waals surface area contributed by atoms with Crippen LogP contribution in [0.2, 0.25) is 0 Å². The molecule has 1 fully saturated rings. The van der Waals surface area contributed by atoms with E-state index in [-0.39, 0.29) is 11.6 Å². The number of benzene rings is 1. The Kier molecular flexibility index (Phi) is 7.03. The summed E-state index contributed by atoms with van der Waals surface area (Å²) in [6.07, 6.45) is 6.46. The molecule has 1 amide bonds. The summed E-state index contributed by atoms with van der Waals surface area (Å²) in [5.41, 5.74) is 1.54. The Labute approximate surface area is 177 Å². The number of carbonyl (C=O) groups is 1. The Morgan fingerprint density at radius 1 is 1.17 bits per heavy atom. The van der Waals surface area contributed by atoms with Gasteiger partial charge in [-0.1, -0.05) is 44.7 Å². The number of aromatic nitrogens is 1. The summed E-state index contributed by atoms with van der Waals surface area (Å²) in [5, 5.41) is 14.1. The van der Waals surface area contributed by atoms with Crippen LogP contribution in [-0.2, 0) is 10.2 Å². The Morgan fingerprint density at radius 2 is 1.87 bits per heavy atom. The van der Waals surface area contributed by atoms with Crippen LogP contribution in [0.15, 0.2) is 36.4 Å². The van der Waals surface area contributed by atoms with Gasteiger partial charge in [-0.05, 0) is 37.8 Å². The fourth-order valence-electron chi connectivity index (χ4n) is 4.02. The number of rotatable bonds is 8. The summed E-state index contributed by atoms with van der Waals surface area (Å²) < 4.78 is 5.64. The number of nitrogens with one attached hydrogen (secondary N) is 1. The number of nitro benzene ring substituents is 1. The first kappa shape index (κ1) is 21.7. The maximum absolute atomic E-state index is 13.5. The number of amides is 1. The zero-order chi connectivity index (χ0) is 21.6. The van der Waals surface area contributed by atoms with Crippen LogP contribution >= 0.6 is 0 Å². The van der Waals surface area contributed by atoms with Crippen LogP contribution in [-0.4, -0.2) is 22.4 Å². The number of ether oxygens (including phenoxy) is 1. The highest BCUT2D eigenvalue weighted by molar-refractivity contribution is 5.99. The van der Waals surface area contributed by atoms with Crippen LogP contribution in [0.5, 0.6) is 5.88 Å². The van der Waals surface area contributed by atoms with Crippen molar-refractivity contribution < 1.29 is 14.5 Å². The number of carbonyl (C=O) groups excluding carboxylic acids is 1. The van der Waals surface area contributed by atoms with Crippen molar-refractivity contribution in [3.8, 4) is 5.88 Å². The second-order valence-corrected chi connectivity index (χ2v) is 7.89. The van der Waals surface area contributed by atoms with Crippen LogP contribution in [0.1, 0.15) is 63.1 Å². The van der Waals surface area contributed by atoms with Crippen LogP contribution in [0.4, 0.5) is 11.4 Å². The SMILES string of the molecule is CCCCOc1ccc(NC(=O)C2(c3ccc([N+](=O)[O-])cc3)CCCCC2)c(C)n1. The molecule has 30 heavy (non-hydrogen) atoms. The molecule has 0 aliphatic heterocycles. The predicted octanol–water partition coefficient (Wildman–Crippen LogP) is 5.32. The largest absolute Gasteiger partial charge is 0.478 e. The second-order valence-electron chi connectivity index (χ2n) is 7.89. The molecule has 1 aromatic heterocycles. The number of nitro groups is 1.